The Kier molecular flexibility index (Phi) is 15.6. The molecule has 0 saturated heterocycles. The maximum Gasteiger partial charge on any atom is 0.460 e. The highest BCUT2D eigenvalue weighted by molar-refractivity contribution is 5.77. The summed E-state index contributed by atoms with van der Waals surface area (Å²) >= 11 is 0. The van der Waals surface area contributed by atoms with Gasteiger partial charge in [-0.3, -0.25) is 9.59 Å². The Hall–Kier alpha value is -3.44. The summed E-state index contributed by atoms with van der Waals surface area (Å²) in [5.41, 5.74) is 0. The van der Waals surface area contributed by atoms with Crippen molar-refractivity contribution in [2.24, 2.45) is 0 Å². The molecule has 0 aromatic heterocycles. The summed E-state index contributed by atoms with van der Waals surface area (Å²) in [6, 6.07) is 0. The Morgan fingerprint density at radius 3 is 0.810 bits per heavy atom. The molecule has 63 heavy (non-hydrogen) atoms. The summed E-state index contributed by atoms with van der Waals surface area (Å²) < 4.78 is 457. The number of amides is 1. The van der Waals surface area contributed by atoms with Gasteiger partial charge in [-0.15, -0.1) is 0 Å². The summed E-state index contributed by atoms with van der Waals surface area (Å²) in [6.07, 6.45) is -30.3. The first-order chi connectivity index (χ1) is 26.9. The number of halogens is 34. The molecular weight excluding hydrogens is 1010 g/mol. The monoisotopic (exact) mass is 1020 g/mol. The van der Waals surface area contributed by atoms with Gasteiger partial charge in [0.1, 0.15) is 0 Å². The van der Waals surface area contributed by atoms with Crippen LogP contribution in [0.25, 0.3) is 0 Å². The molecule has 0 bridgehead atoms. The van der Waals surface area contributed by atoms with Gasteiger partial charge < -0.3 is 10.0 Å². The van der Waals surface area contributed by atoms with Crippen molar-refractivity contribution < 1.29 is 164 Å². The zero-order chi connectivity index (χ0) is 51.7. The number of rotatable bonds is 22. The quantitative estimate of drug-likeness (QED) is 0.110. The zero-order valence-electron chi connectivity index (χ0n) is 28.5. The number of aliphatic carboxylic acids is 1. The second-order valence-corrected chi connectivity index (χ2v) is 12.4. The molecule has 1 N–H and O–H groups in total. The standard InChI is InChI=1S/C25H15F34NO3/c26-10(27,12(30,31)14(34,35)16(38,39)18(42,43)20(46,47)22(50,51)24(54,55)56)4-1-6-60(7-3-9(62)63)8(61)2-5-11(28,29)13(32,33)15(36,37)17(40,41)19(44,45)21(48,49)23(52,53)25(57,58)59/h1-7H2,(H,62,63). The van der Waals surface area contributed by atoms with Gasteiger partial charge in [-0.1, -0.05) is 0 Å². The van der Waals surface area contributed by atoms with Crippen LogP contribution in [0.5, 0.6) is 0 Å². The van der Waals surface area contributed by atoms with E-state index in [9.17, 15) is 159 Å². The minimum atomic E-state index is -9.11. The topological polar surface area (TPSA) is 57.6 Å². The fourth-order valence-electron chi connectivity index (χ4n) is 4.21. The van der Waals surface area contributed by atoms with Gasteiger partial charge in [-0.25, -0.2) is 0 Å². The van der Waals surface area contributed by atoms with Crippen LogP contribution in [-0.2, 0) is 9.59 Å². The second-order valence-electron chi connectivity index (χ2n) is 12.4. The van der Waals surface area contributed by atoms with Crippen LogP contribution in [0.1, 0.15) is 32.1 Å². The van der Waals surface area contributed by atoms with E-state index < -0.39 is 157 Å². The van der Waals surface area contributed by atoms with Gasteiger partial charge in [-0.05, 0) is 6.42 Å². The lowest BCUT2D eigenvalue weighted by Gasteiger charge is -2.43. The van der Waals surface area contributed by atoms with Crippen molar-refractivity contribution in [1.82, 2.24) is 4.90 Å². The van der Waals surface area contributed by atoms with E-state index in [-0.39, 0.29) is 0 Å². The molecule has 0 heterocycles. The zero-order valence-corrected chi connectivity index (χ0v) is 28.5. The maximum absolute atomic E-state index is 14.2. The van der Waals surface area contributed by atoms with Crippen molar-refractivity contribution in [2.75, 3.05) is 13.1 Å². The predicted octanol–water partition coefficient (Wildman–Crippen LogP) is 11.9. The lowest BCUT2D eigenvalue weighted by molar-refractivity contribution is -0.461. The molecule has 0 saturated carbocycles. The number of carboxylic acid groups (broad SMARTS) is 1. The molecule has 0 fully saturated rings. The first kappa shape index (κ1) is 59.6. The smallest absolute Gasteiger partial charge is 0.460 e. The highest BCUT2D eigenvalue weighted by Gasteiger charge is 2.96. The molecule has 0 rings (SSSR count). The van der Waals surface area contributed by atoms with Crippen LogP contribution in [0, 0.1) is 0 Å². The van der Waals surface area contributed by atoms with E-state index in [4.69, 9.17) is 5.11 Å². The van der Waals surface area contributed by atoms with E-state index in [1.165, 1.54) is 0 Å². The summed E-state index contributed by atoms with van der Waals surface area (Å²) in [5.74, 6) is -125. The molecule has 4 nitrogen and oxygen atoms in total. The Morgan fingerprint density at radius 2 is 0.556 bits per heavy atom. The van der Waals surface area contributed by atoms with Crippen molar-refractivity contribution >= 4 is 11.9 Å². The molecule has 0 radical (unpaired) electrons. The van der Waals surface area contributed by atoms with Gasteiger partial charge in [0.25, 0.3) is 0 Å². The molecule has 0 spiro atoms. The van der Waals surface area contributed by atoms with Crippen molar-refractivity contribution in [3.8, 4) is 0 Å². The first-order valence-electron chi connectivity index (χ1n) is 14.8. The molecule has 0 aliphatic rings. The molecule has 38 heteroatoms. The van der Waals surface area contributed by atoms with Crippen LogP contribution in [0.4, 0.5) is 149 Å². The number of alkyl halides is 34. The number of hydrogen-bond donors (Lipinski definition) is 1. The van der Waals surface area contributed by atoms with Crippen LogP contribution in [0.3, 0.4) is 0 Å². The van der Waals surface area contributed by atoms with Crippen molar-refractivity contribution in [3.05, 3.63) is 0 Å². The molecular formula is C25H15F34NO3. The van der Waals surface area contributed by atoms with E-state index in [0.717, 1.165) is 0 Å². The van der Waals surface area contributed by atoms with Crippen LogP contribution in [0.15, 0.2) is 0 Å². The fourth-order valence-corrected chi connectivity index (χ4v) is 4.21. The van der Waals surface area contributed by atoms with Crippen LogP contribution in [0.2, 0.25) is 0 Å². The van der Waals surface area contributed by atoms with Gasteiger partial charge in [0.15, 0.2) is 0 Å². The fraction of sp³-hybridized carbons (Fsp3) is 0.920. The average molecular weight is 1020 g/mol. The van der Waals surface area contributed by atoms with E-state index in [1.54, 1.807) is 0 Å². The average Bonchev–Trinajstić information content (AvgIpc) is 3.06. The molecule has 0 atom stereocenters. The first-order valence-corrected chi connectivity index (χ1v) is 14.8. The molecule has 0 aromatic carbocycles. The number of hydrogen-bond acceptors (Lipinski definition) is 2. The van der Waals surface area contributed by atoms with Crippen molar-refractivity contribution in [3.63, 3.8) is 0 Å². The van der Waals surface area contributed by atoms with Crippen molar-refractivity contribution in [2.45, 2.75) is 127 Å². The summed E-state index contributed by atoms with van der Waals surface area (Å²) in [6.45, 7) is -4.05. The van der Waals surface area contributed by atoms with Gasteiger partial charge in [0, 0.05) is 32.4 Å². The Balaban J connectivity index is 6.69. The van der Waals surface area contributed by atoms with E-state index in [2.05, 4.69) is 0 Å². The lowest BCUT2D eigenvalue weighted by atomic mass is 9.88. The molecule has 0 unspecified atom stereocenters. The number of carbonyl (C=O) groups excluding carboxylic acids is 1. The lowest BCUT2D eigenvalue weighted by Crippen LogP contribution is -2.74. The third kappa shape index (κ3) is 8.96. The Morgan fingerprint density at radius 1 is 0.317 bits per heavy atom. The van der Waals surface area contributed by atoms with E-state index >= 15 is 0 Å². The van der Waals surface area contributed by atoms with Crippen molar-refractivity contribution in [1.29, 1.82) is 0 Å². The molecule has 0 aliphatic carbocycles. The van der Waals surface area contributed by atoms with Crippen LogP contribution < -0.4 is 0 Å². The number of carbonyl (C=O) groups is 2. The Labute approximate surface area is 322 Å². The number of nitrogens with zero attached hydrogens (tertiary/aromatic N) is 1. The van der Waals surface area contributed by atoms with E-state index in [1.807, 2.05) is 0 Å². The molecule has 1 amide bonds. The highest BCUT2D eigenvalue weighted by Crippen LogP contribution is 2.66. The third-order valence-corrected chi connectivity index (χ3v) is 8.09. The summed E-state index contributed by atoms with van der Waals surface area (Å²) in [4.78, 5) is 22.2. The SMILES string of the molecule is O=C(O)CCN(CCCC(F)(F)C(F)(F)C(F)(F)C(F)(F)C(F)(F)C(F)(F)C(F)(F)C(F)(F)F)C(=O)CCC(F)(F)C(F)(F)C(F)(F)C(F)(F)C(F)(F)C(F)(F)C(F)(F)C(F)(F)F. The van der Waals surface area contributed by atoms with Gasteiger partial charge in [0.2, 0.25) is 5.91 Å². The normalized spacial score (nSPS) is 16.1. The molecule has 376 valence electrons. The minimum absolute atomic E-state index is 0.766. The highest BCUT2D eigenvalue weighted by atomic mass is 19.4. The predicted molar refractivity (Wildman–Crippen MR) is 129 cm³/mol. The summed E-state index contributed by atoms with van der Waals surface area (Å²) in [5, 5.41) is 8.61. The van der Waals surface area contributed by atoms with Gasteiger partial charge >= 0.3 is 101 Å². The van der Waals surface area contributed by atoms with Gasteiger partial charge in [-0.2, -0.15) is 149 Å². The molecule has 0 aromatic rings. The Bertz CT molecular complexity index is 1620. The van der Waals surface area contributed by atoms with E-state index in [0.29, 0.717) is 0 Å². The minimum Gasteiger partial charge on any atom is -0.481 e. The third-order valence-electron chi connectivity index (χ3n) is 8.09. The van der Waals surface area contributed by atoms with Crippen LogP contribution in [-0.4, -0.2) is 130 Å². The largest absolute Gasteiger partial charge is 0.481 e. The maximum atomic E-state index is 14.2. The molecule has 0 aliphatic heterocycles. The van der Waals surface area contributed by atoms with Crippen LogP contribution >= 0.6 is 0 Å². The summed E-state index contributed by atoms with van der Waals surface area (Å²) in [7, 11) is 0. The number of carboxylic acids is 1. The van der Waals surface area contributed by atoms with Gasteiger partial charge in [0.05, 0.1) is 6.42 Å². The second kappa shape index (κ2) is 16.5.